The Labute approximate surface area is 178 Å². The molecule has 0 aromatic heterocycles. The third kappa shape index (κ3) is 4.97. The molecule has 1 amide bonds. The zero-order valence-corrected chi connectivity index (χ0v) is 17.3. The molecule has 0 spiro atoms. The number of hydrogen-bond donors (Lipinski definition) is 2. The lowest BCUT2D eigenvalue weighted by atomic mass is 10.1. The Bertz CT molecular complexity index is 1210. The summed E-state index contributed by atoms with van der Waals surface area (Å²) in [6, 6.07) is 18.1. The zero-order chi connectivity index (χ0) is 21.7. The standard InChI is InChI=1S/C21H17ClN2O5S/c1-29-21(26)18-10-2-3-11-19(18)23-20(25)14-6-4-9-17(12-14)30(27,28)24-16-8-5-7-15(22)13-16/h2-13,24H,1H3,(H,23,25). The van der Waals surface area contributed by atoms with Crippen LogP contribution in [0.15, 0.2) is 77.7 Å². The predicted octanol–water partition coefficient (Wildman–Crippen LogP) is 4.18. The summed E-state index contributed by atoms with van der Waals surface area (Å²) in [4.78, 5) is 24.4. The van der Waals surface area contributed by atoms with E-state index < -0.39 is 21.9 Å². The van der Waals surface area contributed by atoms with Gasteiger partial charge in [0.2, 0.25) is 0 Å². The van der Waals surface area contributed by atoms with E-state index >= 15 is 0 Å². The molecular weight excluding hydrogens is 428 g/mol. The number of para-hydroxylation sites is 1. The molecule has 154 valence electrons. The van der Waals surface area contributed by atoms with Gasteiger partial charge in [-0.15, -0.1) is 0 Å². The number of methoxy groups -OCH3 is 1. The maximum absolute atomic E-state index is 12.7. The summed E-state index contributed by atoms with van der Waals surface area (Å²) in [6.45, 7) is 0. The molecule has 3 aromatic rings. The summed E-state index contributed by atoms with van der Waals surface area (Å²) in [7, 11) is -2.71. The van der Waals surface area contributed by atoms with Crippen molar-refractivity contribution in [3.05, 3.63) is 88.9 Å². The second-order valence-corrected chi connectivity index (χ2v) is 8.25. The topological polar surface area (TPSA) is 102 Å². The molecule has 9 heteroatoms. The molecule has 3 rings (SSSR count). The second-order valence-electron chi connectivity index (χ2n) is 6.13. The van der Waals surface area contributed by atoms with Crippen LogP contribution in [0.3, 0.4) is 0 Å². The second kappa shape index (κ2) is 8.98. The molecule has 7 nitrogen and oxygen atoms in total. The van der Waals surface area contributed by atoms with Crippen molar-refractivity contribution >= 4 is 44.9 Å². The minimum atomic E-state index is -3.95. The van der Waals surface area contributed by atoms with Crippen LogP contribution in [0.4, 0.5) is 11.4 Å². The normalized spacial score (nSPS) is 10.9. The first-order valence-corrected chi connectivity index (χ1v) is 10.5. The van der Waals surface area contributed by atoms with Gasteiger partial charge >= 0.3 is 5.97 Å². The number of rotatable bonds is 6. The van der Waals surface area contributed by atoms with E-state index in [4.69, 9.17) is 16.3 Å². The van der Waals surface area contributed by atoms with Gasteiger partial charge in [0.25, 0.3) is 15.9 Å². The SMILES string of the molecule is COC(=O)c1ccccc1NC(=O)c1cccc(S(=O)(=O)Nc2cccc(Cl)c2)c1. The van der Waals surface area contributed by atoms with Crippen molar-refractivity contribution in [3.63, 3.8) is 0 Å². The number of halogens is 1. The lowest BCUT2D eigenvalue weighted by Crippen LogP contribution is -2.17. The Balaban J connectivity index is 1.85. The maximum Gasteiger partial charge on any atom is 0.339 e. The fourth-order valence-electron chi connectivity index (χ4n) is 2.65. The van der Waals surface area contributed by atoms with Gasteiger partial charge in [-0.3, -0.25) is 9.52 Å². The summed E-state index contributed by atoms with van der Waals surface area (Å²) in [5.74, 6) is -1.18. The van der Waals surface area contributed by atoms with Crippen LogP contribution < -0.4 is 10.0 Å². The van der Waals surface area contributed by atoms with E-state index in [9.17, 15) is 18.0 Å². The summed E-state index contributed by atoms with van der Waals surface area (Å²) >= 11 is 5.89. The first-order chi connectivity index (χ1) is 14.3. The van der Waals surface area contributed by atoms with Crippen LogP contribution in [-0.2, 0) is 14.8 Å². The van der Waals surface area contributed by atoms with Gasteiger partial charge in [-0.05, 0) is 48.5 Å². The largest absolute Gasteiger partial charge is 0.465 e. The number of amides is 1. The van der Waals surface area contributed by atoms with Gasteiger partial charge in [-0.2, -0.15) is 0 Å². The van der Waals surface area contributed by atoms with Crippen molar-refractivity contribution in [2.45, 2.75) is 4.90 Å². The summed E-state index contributed by atoms with van der Waals surface area (Å²) in [6.07, 6.45) is 0. The zero-order valence-electron chi connectivity index (χ0n) is 15.8. The number of esters is 1. The molecule has 2 N–H and O–H groups in total. The van der Waals surface area contributed by atoms with Gasteiger partial charge in [-0.25, -0.2) is 13.2 Å². The Morgan fingerprint density at radius 2 is 1.67 bits per heavy atom. The molecule has 0 fully saturated rings. The molecule has 0 atom stereocenters. The van der Waals surface area contributed by atoms with E-state index in [2.05, 4.69) is 10.0 Å². The Morgan fingerprint density at radius 1 is 0.933 bits per heavy atom. The van der Waals surface area contributed by atoms with Crippen molar-refractivity contribution in [2.24, 2.45) is 0 Å². The van der Waals surface area contributed by atoms with Crippen LogP contribution in [0.5, 0.6) is 0 Å². The first-order valence-electron chi connectivity index (χ1n) is 8.67. The monoisotopic (exact) mass is 444 g/mol. The first kappa shape index (κ1) is 21.4. The van der Waals surface area contributed by atoms with Crippen molar-refractivity contribution in [3.8, 4) is 0 Å². The molecule has 0 saturated carbocycles. The van der Waals surface area contributed by atoms with Crippen LogP contribution in [0.25, 0.3) is 0 Å². The third-order valence-electron chi connectivity index (χ3n) is 4.06. The molecule has 0 aliphatic carbocycles. The number of anilines is 2. The van der Waals surface area contributed by atoms with Gasteiger partial charge in [0.05, 0.1) is 28.9 Å². The van der Waals surface area contributed by atoms with E-state index in [0.717, 1.165) is 0 Å². The molecule has 0 heterocycles. The van der Waals surface area contributed by atoms with Crippen molar-refractivity contribution in [2.75, 3.05) is 17.1 Å². The lowest BCUT2D eigenvalue weighted by Gasteiger charge is -2.11. The van der Waals surface area contributed by atoms with Crippen LogP contribution in [-0.4, -0.2) is 27.4 Å². The number of carbonyl (C=O) groups excluding carboxylic acids is 2. The number of nitrogens with one attached hydrogen (secondary N) is 2. The molecule has 3 aromatic carbocycles. The molecule has 0 aliphatic heterocycles. The number of ether oxygens (including phenoxy) is 1. The molecule has 0 unspecified atom stereocenters. The van der Waals surface area contributed by atoms with Gasteiger partial charge in [0, 0.05) is 10.6 Å². The van der Waals surface area contributed by atoms with Crippen LogP contribution >= 0.6 is 11.6 Å². The summed E-state index contributed by atoms with van der Waals surface area (Å²) in [5, 5.41) is 2.99. The van der Waals surface area contributed by atoms with Crippen LogP contribution in [0.2, 0.25) is 5.02 Å². The van der Waals surface area contributed by atoms with E-state index in [0.29, 0.717) is 10.7 Å². The Hall–Kier alpha value is -3.36. The van der Waals surface area contributed by atoms with Crippen LogP contribution in [0.1, 0.15) is 20.7 Å². The van der Waals surface area contributed by atoms with Crippen LogP contribution in [0, 0.1) is 0 Å². The number of benzene rings is 3. The minimum absolute atomic E-state index is 0.101. The average Bonchev–Trinajstić information content (AvgIpc) is 2.73. The van der Waals surface area contributed by atoms with Crippen molar-refractivity contribution in [1.82, 2.24) is 0 Å². The van der Waals surface area contributed by atoms with Gasteiger partial charge in [0.15, 0.2) is 0 Å². The number of hydrogen-bond acceptors (Lipinski definition) is 5. The lowest BCUT2D eigenvalue weighted by molar-refractivity contribution is 0.0602. The summed E-state index contributed by atoms with van der Waals surface area (Å²) < 4.78 is 32.5. The number of sulfonamides is 1. The molecule has 0 saturated heterocycles. The molecule has 30 heavy (non-hydrogen) atoms. The highest BCUT2D eigenvalue weighted by Crippen LogP contribution is 2.21. The molecule has 0 radical (unpaired) electrons. The van der Waals surface area contributed by atoms with E-state index in [1.54, 1.807) is 36.4 Å². The molecule has 0 bridgehead atoms. The molecular formula is C21H17ClN2O5S. The highest BCUT2D eigenvalue weighted by Gasteiger charge is 2.18. The number of carbonyl (C=O) groups is 2. The van der Waals surface area contributed by atoms with Crippen molar-refractivity contribution in [1.29, 1.82) is 0 Å². The van der Waals surface area contributed by atoms with E-state index in [1.165, 1.54) is 43.5 Å². The average molecular weight is 445 g/mol. The summed E-state index contributed by atoms with van der Waals surface area (Å²) in [5.41, 5.74) is 0.826. The van der Waals surface area contributed by atoms with Gasteiger partial charge in [0.1, 0.15) is 0 Å². The predicted molar refractivity (Wildman–Crippen MR) is 114 cm³/mol. The van der Waals surface area contributed by atoms with E-state index in [1.807, 2.05) is 0 Å². The van der Waals surface area contributed by atoms with Crippen molar-refractivity contribution < 1.29 is 22.7 Å². The third-order valence-corrected chi connectivity index (χ3v) is 5.68. The molecule has 0 aliphatic rings. The fourth-order valence-corrected chi connectivity index (χ4v) is 3.93. The van der Waals surface area contributed by atoms with Gasteiger partial charge < -0.3 is 10.1 Å². The minimum Gasteiger partial charge on any atom is -0.465 e. The Morgan fingerprint density at radius 3 is 2.40 bits per heavy atom. The quantitative estimate of drug-likeness (QED) is 0.555. The van der Waals surface area contributed by atoms with E-state index in [-0.39, 0.29) is 21.7 Å². The maximum atomic E-state index is 12.7. The fraction of sp³-hybridized carbons (Fsp3) is 0.0476. The highest BCUT2D eigenvalue weighted by molar-refractivity contribution is 7.92. The highest BCUT2D eigenvalue weighted by atomic mass is 35.5. The van der Waals surface area contributed by atoms with Gasteiger partial charge in [-0.1, -0.05) is 35.9 Å². The smallest absolute Gasteiger partial charge is 0.339 e. The Kier molecular flexibility index (Phi) is 6.39.